The average Bonchev–Trinajstić information content (AvgIpc) is 2.20. The molecule has 2 aromatic carbocycles. The first-order valence-corrected chi connectivity index (χ1v) is 4.55. The third-order valence-corrected chi connectivity index (χ3v) is 2.51. The Hall–Kier alpha value is -1.41. The number of fused-ring (bicyclic) bond motifs is 1. The standard InChI is InChI=1S/C11H9ClO2/c1-14-10-5-3-7-2-4-8(13)6-9(7)11(10)12/h2-6,13H,1H3. The second-order valence-electron chi connectivity index (χ2n) is 2.99. The monoisotopic (exact) mass is 208 g/mol. The van der Waals surface area contributed by atoms with E-state index in [2.05, 4.69) is 0 Å². The number of phenolic OH excluding ortho intramolecular Hbond substituents is 1. The molecule has 3 heteroatoms. The van der Waals surface area contributed by atoms with Crippen LogP contribution in [-0.4, -0.2) is 12.2 Å². The van der Waals surface area contributed by atoms with Gasteiger partial charge in [0.05, 0.1) is 12.1 Å². The van der Waals surface area contributed by atoms with Gasteiger partial charge in [0.15, 0.2) is 0 Å². The van der Waals surface area contributed by atoms with Crippen LogP contribution in [0.4, 0.5) is 0 Å². The highest BCUT2D eigenvalue weighted by molar-refractivity contribution is 6.37. The normalized spacial score (nSPS) is 10.4. The Morgan fingerprint density at radius 2 is 1.93 bits per heavy atom. The molecule has 2 rings (SSSR count). The molecule has 0 saturated carbocycles. The Kier molecular flexibility index (Phi) is 2.22. The number of hydrogen-bond acceptors (Lipinski definition) is 2. The Balaban J connectivity index is 2.79. The first-order valence-electron chi connectivity index (χ1n) is 4.17. The Morgan fingerprint density at radius 1 is 1.21 bits per heavy atom. The van der Waals surface area contributed by atoms with Crippen LogP contribution in [0.3, 0.4) is 0 Å². The lowest BCUT2D eigenvalue weighted by molar-refractivity contribution is 0.415. The van der Waals surface area contributed by atoms with Crippen molar-refractivity contribution in [3.63, 3.8) is 0 Å². The van der Waals surface area contributed by atoms with Gasteiger partial charge in [-0.1, -0.05) is 23.7 Å². The molecule has 14 heavy (non-hydrogen) atoms. The molecule has 0 radical (unpaired) electrons. The van der Waals surface area contributed by atoms with Crippen LogP contribution in [0.25, 0.3) is 10.8 Å². The molecule has 0 fully saturated rings. The molecule has 72 valence electrons. The van der Waals surface area contributed by atoms with Crippen LogP contribution in [0.2, 0.25) is 5.02 Å². The van der Waals surface area contributed by atoms with Crippen molar-refractivity contribution in [1.82, 2.24) is 0 Å². The van der Waals surface area contributed by atoms with Gasteiger partial charge in [0.25, 0.3) is 0 Å². The summed E-state index contributed by atoms with van der Waals surface area (Å²) in [6.45, 7) is 0. The number of rotatable bonds is 1. The Labute approximate surface area is 86.7 Å². The smallest absolute Gasteiger partial charge is 0.138 e. The predicted molar refractivity (Wildman–Crippen MR) is 57.2 cm³/mol. The maximum absolute atomic E-state index is 9.32. The van der Waals surface area contributed by atoms with E-state index in [9.17, 15) is 5.11 Å². The lowest BCUT2D eigenvalue weighted by Gasteiger charge is -2.06. The van der Waals surface area contributed by atoms with Gasteiger partial charge >= 0.3 is 0 Å². The van der Waals surface area contributed by atoms with Crippen molar-refractivity contribution in [2.45, 2.75) is 0 Å². The number of phenols is 1. The minimum absolute atomic E-state index is 0.202. The van der Waals surface area contributed by atoms with Crippen LogP contribution in [-0.2, 0) is 0 Å². The summed E-state index contributed by atoms with van der Waals surface area (Å²) in [7, 11) is 1.57. The number of halogens is 1. The Bertz CT molecular complexity index is 480. The number of benzene rings is 2. The van der Waals surface area contributed by atoms with Crippen LogP contribution in [0, 0.1) is 0 Å². The van der Waals surface area contributed by atoms with Gasteiger partial charge < -0.3 is 9.84 Å². The molecule has 0 bridgehead atoms. The third-order valence-electron chi connectivity index (χ3n) is 2.12. The van der Waals surface area contributed by atoms with E-state index in [1.54, 1.807) is 19.2 Å². The van der Waals surface area contributed by atoms with E-state index in [0.29, 0.717) is 10.8 Å². The highest BCUT2D eigenvalue weighted by Crippen LogP contribution is 2.34. The SMILES string of the molecule is COc1ccc2ccc(O)cc2c1Cl. The van der Waals surface area contributed by atoms with E-state index in [4.69, 9.17) is 16.3 Å². The maximum Gasteiger partial charge on any atom is 0.138 e. The lowest BCUT2D eigenvalue weighted by Crippen LogP contribution is -1.84. The summed E-state index contributed by atoms with van der Waals surface area (Å²) in [4.78, 5) is 0. The fourth-order valence-corrected chi connectivity index (χ4v) is 1.71. The summed E-state index contributed by atoms with van der Waals surface area (Å²) in [6.07, 6.45) is 0. The molecule has 0 aliphatic rings. The van der Waals surface area contributed by atoms with Crippen LogP contribution in [0.15, 0.2) is 30.3 Å². The molecule has 0 heterocycles. The largest absolute Gasteiger partial charge is 0.508 e. The van der Waals surface area contributed by atoms with Gasteiger partial charge in [0.1, 0.15) is 11.5 Å². The Morgan fingerprint density at radius 3 is 2.64 bits per heavy atom. The van der Waals surface area contributed by atoms with E-state index in [-0.39, 0.29) is 5.75 Å². The minimum Gasteiger partial charge on any atom is -0.508 e. The van der Waals surface area contributed by atoms with Crippen molar-refractivity contribution < 1.29 is 9.84 Å². The summed E-state index contributed by atoms with van der Waals surface area (Å²) < 4.78 is 5.08. The van der Waals surface area contributed by atoms with E-state index in [1.165, 1.54) is 0 Å². The molecule has 0 amide bonds. The van der Waals surface area contributed by atoms with Crippen LogP contribution in [0.5, 0.6) is 11.5 Å². The molecule has 0 spiro atoms. The molecule has 1 N–H and O–H groups in total. The number of aromatic hydroxyl groups is 1. The summed E-state index contributed by atoms with van der Waals surface area (Å²) in [5.74, 6) is 0.817. The van der Waals surface area contributed by atoms with Crippen LogP contribution in [0.1, 0.15) is 0 Å². The average molecular weight is 209 g/mol. The first-order chi connectivity index (χ1) is 6.72. The van der Waals surface area contributed by atoms with Crippen LogP contribution >= 0.6 is 11.6 Å². The molecule has 2 nitrogen and oxygen atoms in total. The van der Waals surface area contributed by atoms with Crippen molar-refractivity contribution >= 4 is 22.4 Å². The number of hydrogen-bond donors (Lipinski definition) is 1. The molecule has 2 aromatic rings. The minimum atomic E-state index is 0.202. The second-order valence-corrected chi connectivity index (χ2v) is 3.37. The zero-order valence-corrected chi connectivity index (χ0v) is 8.38. The zero-order chi connectivity index (χ0) is 10.1. The third kappa shape index (κ3) is 1.38. The summed E-state index contributed by atoms with van der Waals surface area (Å²) in [6, 6.07) is 8.78. The molecule has 0 atom stereocenters. The van der Waals surface area contributed by atoms with Crippen molar-refractivity contribution in [1.29, 1.82) is 0 Å². The maximum atomic E-state index is 9.32. The molecule has 0 aliphatic carbocycles. The van der Waals surface area contributed by atoms with Crippen molar-refractivity contribution in [3.05, 3.63) is 35.4 Å². The van der Waals surface area contributed by atoms with Gasteiger partial charge in [-0.3, -0.25) is 0 Å². The summed E-state index contributed by atoms with van der Waals surface area (Å²) in [5.41, 5.74) is 0. The predicted octanol–water partition coefficient (Wildman–Crippen LogP) is 3.21. The first kappa shape index (κ1) is 9.16. The second kappa shape index (κ2) is 3.39. The highest BCUT2D eigenvalue weighted by Gasteiger charge is 2.05. The van der Waals surface area contributed by atoms with Gasteiger partial charge in [-0.05, 0) is 23.6 Å². The van der Waals surface area contributed by atoms with Crippen molar-refractivity contribution in [3.8, 4) is 11.5 Å². The number of methoxy groups -OCH3 is 1. The van der Waals surface area contributed by atoms with Gasteiger partial charge in [-0.25, -0.2) is 0 Å². The van der Waals surface area contributed by atoms with E-state index < -0.39 is 0 Å². The topological polar surface area (TPSA) is 29.5 Å². The molecular formula is C11H9ClO2. The molecule has 0 unspecified atom stereocenters. The summed E-state index contributed by atoms with van der Waals surface area (Å²) >= 11 is 6.08. The van der Waals surface area contributed by atoms with Gasteiger partial charge in [0, 0.05) is 5.39 Å². The van der Waals surface area contributed by atoms with Gasteiger partial charge in [-0.2, -0.15) is 0 Å². The number of ether oxygens (including phenoxy) is 1. The fourth-order valence-electron chi connectivity index (χ4n) is 1.41. The van der Waals surface area contributed by atoms with Crippen LogP contribution < -0.4 is 4.74 Å². The van der Waals surface area contributed by atoms with Crippen molar-refractivity contribution in [2.75, 3.05) is 7.11 Å². The van der Waals surface area contributed by atoms with E-state index >= 15 is 0 Å². The van der Waals surface area contributed by atoms with Gasteiger partial charge in [-0.15, -0.1) is 0 Å². The molecule has 0 aromatic heterocycles. The quantitative estimate of drug-likeness (QED) is 0.780. The molecule has 0 saturated heterocycles. The zero-order valence-electron chi connectivity index (χ0n) is 7.62. The van der Waals surface area contributed by atoms with E-state index in [0.717, 1.165) is 10.8 Å². The van der Waals surface area contributed by atoms with E-state index in [1.807, 2.05) is 18.2 Å². The summed E-state index contributed by atoms with van der Waals surface area (Å²) in [5, 5.41) is 11.6. The van der Waals surface area contributed by atoms with Crippen molar-refractivity contribution in [2.24, 2.45) is 0 Å². The fraction of sp³-hybridized carbons (Fsp3) is 0.0909. The highest BCUT2D eigenvalue weighted by atomic mass is 35.5. The molecule has 0 aliphatic heterocycles. The van der Waals surface area contributed by atoms with Gasteiger partial charge in [0.2, 0.25) is 0 Å². The molecular weight excluding hydrogens is 200 g/mol. The lowest BCUT2D eigenvalue weighted by atomic mass is 10.1.